The zero-order valence-electron chi connectivity index (χ0n) is 17.8. The molecule has 2 amide bonds. The first-order valence-electron chi connectivity index (χ1n) is 10.8. The Labute approximate surface area is 190 Å². The lowest BCUT2D eigenvalue weighted by molar-refractivity contribution is 0.0695. The van der Waals surface area contributed by atoms with Gasteiger partial charge in [0, 0.05) is 36.3 Å². The summed E-state index contributed by atoms with van der Waals surface area (Å²) in [6.45, 7) is 3.68. The molecule has 166 valence electrons. The number of pyridine rings is 1. The summed E-state index contributed by atoms with van der Waals surface area (Å²) < 4.78 is 11.3. The Morgan fingerprint density at radius 2 is 2.00 bits per heavy atom. The van der Waals surface area contributed by atoms with Crippen molar-refractivity contribution in [3.8, 4) is 5.75 Å². The minimum absolute atomic E-state index is 0.00873. The van der Waals surface area contributed by atoms with Crippen LogP contribution in [-0.4, -0.2) is 41.1 Å². The average molecular weight is 452 g/mol. The SMILES string of the molecule is Cc1cc(OCc2ccc(C(=O)N3CC4CCC(OC(N)=O)C4C3)cc2)c2ccsc2n1. The van der Waals surface area contributed by atoms with Crippen LogP contribution in [0, 0.1) is 18.8 Å². The van der Waals surface area contributed by atoms with Gasteiger partial charge >= 0.3 is 6.09 Å². The summed E-state index contributed by atoms with van der Waals surface area (Å²) >= 11 is 1.60. The highest BCUT2D eigenvalue weighted by Crippen LogP contribution is 2.40. The maximum atomic E-state index is 13.0. The van der Waals surface area contributed by atoms with Gasteiger partial charge in [-0.25, -0.2) is 9.78 Å². The second-order valence-electron chi connectivity index (χ2n) is 8.57. The van der Waals surface area contributed by atoms with Gasteiger partial charge in [0.2, 0.25) is 0 Å². The Kier molecular flexibility index (Phi) is 5.46. The first kappa shape index (κ1) is 20.8. The van der Waals surface area contributed by atoms with Crippen LogP contribution in [-0.2, 0) is 11.3 Å². The number of nitrogens with two attached hydrogens (primary N) is 1. The molecule has 1 saturated heterocycles. The number of nitrogens with zero attached hydrogens (tertiary/aromatic N) is 2. The summed E-state index contributed by atoms with van der Waals surface area (Å²) in [6, 6.07) is 11.5. The van der Waals surface area contributed by atoms with Gasteiger partial charge in [-0.15, -0.1) is 11.3 Å². The molecule has 0 radical (unpaired) electrons. The standard InChI is InChI=1S/C24H25N3O4S/c1-14-10-21(18-8-9-32-22(18)26-14)30-13-15-2-4-16(5-3-15)23(28)27-11-17-6-7-20(19(17)12-27)31-24(25)29/h2-5,8-10,17,19-20H,6-7,11-13H2,1H3,(H2,25,29). The lowest BCUT2D eigenvalue weighted by atomic mass is 9.99. The highest BCUT2D eigenvalue weighted by Gasteiger charge is 2.45. The van der Waals surface area contributed by atoms with Crippen molar-refractivity contribution in [3.63, 3.8) is 0 Å². The number of likely N-dealkylation sites (tertiary alicyclic amines) is 1. The molecule has 0 spiro atoms. The number of ether oxygens (including phenoxy) is 2. The van der Waals surface area contributed by atoms with E-state index in [0.717, 1.165) is 40.1 Å². The summed E-state index contributed by atoms with van der Waals surface area (Å²) in [7, 11) is 0. The fourth-order valence-corrected chi connectivity index (χ4v) is 5.74. The number of rotatable bonds is 5. The van der Waals surface area contributed by atoms with Gasteiger partial charge in [0.05, 0.1) is 5.39 Å². The van der Waals surface area contributed by atoms with Crippen molar-refractivity contribution in [1.29, 1.82) is 0 Å². The summed E-state index contributed by atoms with van der Waals surface area (Å²) in [6.07, 6.45) is 0.861. The van der Waals surface area contributed by atoms with Crippen molar-refractivity contribution in [1.82, 2.24) is 9.88 Å². The van der Waals surface area contributed by atoms with Crippen LogP contribution in [0.25, 0.3) is 10.2 Å². The molecule has 1 saturated carbocycles. The minimum Gasteiger partial charge on any atom is -0.488 e. The molecular weight excluding hydrogens is 426 g/mol. The molecule has 5 rings (SSSR count). The molecule has 3 unspecified atom stereocenters. The molecule has 3 heterocycles. The largest absolute Gasteiger partial charge is 0.488 e. The number of carbonyl (C=O) groups is 2. The van der Waals surface area contributed by atoms with Crippen molar-refractivity contribution in [2.75, 3.05) is 13.1 Å². The molecule has 1 aliphatic heterocycles. The van der Waals surface area contributed by atoms with Gasteiger partial charge in [0.1, 0.15) is 23.3 Å². The van der Waals surface area contributed by atoms with Gasteiger partial charge < -0.3 is 20.1 Å². The van der Waals surface area contributed by atoms with E-state index in [4.69, 9.17) is 15.2 Å². The molecule has 1 aromatic carbocycles. The van der Waals surface area contributed by atoms with E-state index in [1.54, 1.807) is 11.3 Å². The van der Waals surface area contributed by atoms with E-state index >= 15 is 0 Å². The predicted octanol–water partition coefficient (Wildman–Crippen LogP) is 4.13. The molecule has 3 atom stereocenters. The van der Waals surface area contributed by atoms with Gasteiger partial charge in [0.25, 0.3) is 5.91 Å². The molecule has 7 nitrogen and oxygen atoms in total. The first-order chi connectivity index (χ1) is 15.5. The highest BCUT2D eigenvalue weighted by molar-refractivity contribution is 7.16. The minimum atomic E-state index is -0.736. The lowest BCUT2D eigenvalue weighted by Gasteiger charge is -2.20. The summed E-state index contributed by atoms with van der Waals surface area (Å²) in [4.78, 5) is 31.5. The summed E-state index contributed by atoms with van der Waals surface area (Å²) in [5, 5.41) is 3.03. The van der Waals surface area contributed by atoms with Crippen molar-refractivity contribution in [3.05, 3.63) is 58.6 Å². The van der Waals surface area contributed by atoms with Crippen LogP contribution < -0.4 is 10.5 Å². The number of aryl methyl sites for hydroxylation is 1. The Bertz CT molecular complexity index is 1160. The quantitative estimate of drug-likeness (QED) is 0.629. The van der Waals surface area contributed by atoms with E-state index in [1.807, 2.05) is 53.6 Å². The smallest absolute Gasteiger partial charge is 0.404 e. The molecule has 1 aliphatic carbocycles. The average Bonchev–Trinajstić information content (AvgIpc) is 3.48. The number of fused-ring (bicyclic) bond motifs is 2. The summed E-state index contributed by atoms with van der Waals surface area (Å²) in [5.41, 5.74) is 7.76. The van der Waals surface area contributed by atoms with Crippen LogP contribution in [0.5, 0.6) is 5.75 Å². The zero-order chi connectivity index (χ0) is 22.2. The molecular formula is C24H25N3O4S. The fraction of sp³-hybridized carbons (Fsp3) is 0.375. The topological polar surface area (TPSA) is 94.7 Å². The highest BCUT2D eigenvalue weighted by atomic mass is 32.1. The van der Waals surface area contributed by atoms with E-state index in [2.05, 4.69) is 4.98 Å². The van der Waals surface area contributed by atoms with Gasteiger partial charge in [-0.3, -0.25) is 4.79 Å². The molecule has 2 aromatic heterocycles. The number of primary amides is 1. The predicted molar refractivity (Wildman–Crippen MR) is 122 cm³/mol. The van der Waals surface area contributed by atoms with E-state index in [1.165, 1.54) is 0 Å². The molecule has 2 aliphatic rings. The van der Waals surface area contributed by atoms with Gasteiger partial charge in [-0.05, 0) is 54.8 Å². The number of carbonyl (C=O) groups excluding carboxylic acids is 2. The third-order valence-corrected chi connectivity index (χ3v) is 7.28. The Balaban J connectivity index is 1.22. The third-order valence-electron chi connectivity index (χ3n) is 6.47. The third kappa shape index (κ3) is 4.02. The number of thiophene rings is 1. The van der Waals surface area contributed by atoms with Crippen molar-refractivity contribution < 1.29 is 19.1 Å². The maximum Gasteiger partial charge on any atom is 0.404 e. The van der Waals surface area contributed by atoms with E-state index in [0.29, 0.717) is 31.2 Å². The number of amides is 2. The van der Waals surface area contributed by atoms with Crippen LogP contribution in [0.4, 0.5) is 4.79 Å². The van der Waals surface area contributed by atoms with Crippen LogP contribution in [0.2, 0.25) is 0 Å². The zero-order valence-corrected chi connectivity index (χ0v) is 18.6. The Morgan fingerprint density at radius 1 is 1.19 bits per heavy atom. The molecule has 8 heteroatoms. The second kappa shape index (κ2) is 8.43. The van der Waals surface area contributed by atoms with Crippen LogP contribution in [0.15, 0.2) is 41.8 Å². The lowest BCUT2D eigenvalue weighted by Crippen LogP contribution is -2.33. The van der Waals surface area contributed by atoms with Gasteiger partial charge in [0.15, 0.2) is 0 Å². The number of aromatic nitrogens is 1. The van der Waals surface area contributed by atoms with Crippen LogP contribution >= 0.6 is 11.3 Å². The Hall–Kier alpha value is -3.13. The van der Waals surface area contributed by atoms with Gasteiger partial charge in [-0.2, -0.15) is 0 Å². The molecule has 2 N–H and O–H groups in total. The molecule has 3 aromatic rings. The normalized spacial score (nSPS) is 22.2. The van der Waals surface area contributed by atoms with Crippen molar-refractivity contribution >= 4 is 33.6 Å². The second-order valence-corrected chi connectivity index (χ2v) is 9.47. The molecule has 2 fully saturated rings. The van der Waals surface area contributed by atoms with E-state index < -0.39 is 6.09 Å². The summed E-state index contributed by atoms with van der Waals surface area (Å²) in [5.74, 6) is 1.38. The van der Waals surface area contributed by atoms with E-state index in [9.17, 15) is 9.59 Å². The maximum absolute atomic E-state index is 13.0. The number of hydrogen-bond donors (Lipinski definition) is 1. The number of hydrogen-bond acceptors (Lipinski definition) is 6. The fourth-order valence-electron chi connectivity index (χ4n) is 4.92. The van der Waals surface area contributed by atoms with Gasteiger partial charge in [-0.1, -0.05) is 12.1 Å². The Morgan fingerprint density at radius 3 is 2.78 bits per heavy atom. The molecule has 32 heavy (non-hydrogen) atoms. The number of benzene rings is 1. The van der Waals surface area contributed by atoms with E-state index in [-0.39, 0.29) is 17.9 Å². The monoisotopic (exact) mass is 451 g/mol. The van der Waals surface area contributed by atoms with Crippen LogP contribution in [0.1, 0.15) is 34.5 Å². The van der Waals surface area contributed by atoms with Crippen LogP contribution in [0.3, 0.4) is 0 Å². The van der Waals surface area contributed by atoms with Crippen molar-refractivity contribution in [2.24, 2.45) is 17.6 Å². The first-order valence-corrected chi connectivity index (χ1v) is 11.7. The van der Waals surface area contributed by atoms with Crippen molar-refractivity contribution in [2.45, 2.75) is 32.5 Å². The molecule has 0 bridgehead atoms.